The van der Waals surface area contributed by atoms with Gasteiger partial charge in [0.05, 0.1) is 18.3 Å². The van der Waals surface area contributed by atoms with Crippen LogP contribution in [0.2, 0.25) is 0 Å². The molecule has 1 saturated heterocycles. The second-order valence-electron chi connectivity index (χ2n) is 6.84. The van der Waals surface area contributed by atoms with E-state index in [4.69, 9.17) is 0 Å². The third kappa shape index (κ3) is 4.06. The number of carbonyl (C=O) groups excluding carboxylic acids is 1. The first kappa shape index (κ1) is 19.6. The molecule has 1 amide bonds. The van der Waals surface area contributed by atoms with Gasteiger partial charge in [0.2, 0.25) is 15.9 Å². The maximum atomic E-state index is 12.8. The van der Waals surface area contributed by atoms with Crippen LogP contribution in [0.3, 0.4) is 0 Å². The quantitative estimate of drug-likeness (QED) is 0.776. The van der Waals surface area contributed by atoms with Crippen molar-refractivity contribution in [1.29, 1.82) is 0 Å². The highest BCUT2D eigenvalue weighted by Crippen LogP contribution is 2.23. The van der Waals surface area contributed by atoms with Crippen LogP contribution >= 0.6 is 0 Å². The van der Waals surface area contributed by atoms with Crippen LogP contribution in [0, 0.1) is 12.8 Å². The van der Waals surface area contributed by atoms with Crippen molar-refractivity contribution in [3.63, 3.8) is 0 Å². The molecule has 1 aliphatic heterocycles. The molecular weight excluding hydrogens is 368 g/mol. The molecule has 1 fully saturated rings. The predicted molar refractivity (Wildman–Crippen MR) is 99.2 cm³/mol. The van der Waals surface area contributed by atoms with E-state index < -0.39 is 10.0 Å². The van der Waals surface area contributed by atoms with Gasteiger partial charge >= 0.3 is 0 Å². The number of nitrogens with one attached hydrogen (secondary N) is 1. The van der Waals surface area contributed by atoms with Crippen molar-refractivity contribution in [2.75, 3.05) is 13.1 Å². The summed E-state index contributed by atoms with van der Waals surface area (Å²) in [6.45, 7) is 5.78. The molecule has 0 saturated carbocycles. The number of nitrogens with zero attached hydrogens (tertiary/aromatic N) is 5. The van der Waals surface area contributed by atoms with Gasteiger partial charge < -0.3 is 5.32 Å². The molecule has 0 aliphatic carbocycles. The van der Waals surface area contributed by atoms with E-state index in [2.05, 4.69) is 15.5 Å². The van der Waals surface area contributed by atoms with Crippen molar-refractivity contribution in [2.45, 2.75) is 44.7 Å². The highest BCUT2D eigenvalue weighted by molar-refractivity contribution is 7.89. The molecule has 2 aromatic rings. The molecule has 9 nitrogen and oxygen atoms in total. The predicted octanol–water partition coefficient (Wildman–Crippen LogP) is 0.662. The fourth-order valence-electron chi connectivity index (χ4n) is 3.36. The first-order valence-corrected chi connectivity index (χ1v) is 10.5. The molecule has 0 bridgehead atoms. The normalized spacial score (nSPS) is 18.6. The summed E-state index contributed by atoms with van der Waals surface area (Å²) in [5, 5.41) is 11.1. The van der Waals surface area contributed by atoms with Gasteiger partial charge in [0.1, 0.15) is 4.90 Å². The van der Waals surface area contributed by atoms with E-state index in [1.165, 1.54) is 21.4 Å². The molecule has 0 unspecified atom stereocenters. The number of rotatable bonds is 6. The van der Waals surface area contributed by atoms with Gasteiger partial charge in [0.25, 0.3) is 0 Å². The Hall–Kier alpha value is -2.20. The van der Waals surface area contributed by atoms with Crippen LogP contribution in [0.1, 0.15) is 31.0 Å². The Morgan fingerprint density at radius 1 is 1.33 bits per heavy atom. The van der Waals surface area contributed by atoms with Crippen LogP contribution < -0.4 is 5.32 Å². The Bertz CT molecular complexity index is 917. The molecule has 3 heterocycles. The summed E-state index contributed by atoms with van der Waals surface area (Å²) in [6.07, 6.45) is 5.92. The average Bonchev–Trinajstić information content (AvgIpc) is 3.25. The fourth-order valence-corrected chi connectivity index (χ4v) is 4.87. The number of carbonyl (C=O) groups is 1. The second kappa shape index (κ2) is 7.81. The first-order valence-electron chi connectivity index (χ1n) is 9.10. The van der Waals surface area contributed by atoms with E-state index >= 15 is 0 Å². The number of hydrogen-bond acceptors (Lipinski definition) is 5. The smallest absolute Gasteiger partial charge is 0.246 e. The van der Waals surface area contributed by atoms with Gasteiger partial charge in [-0.2, -0.15) is 14.5 Å². The van der Waals surface area contributed by atoms with E-state index in [1.807, 2.05) is 18.5 Å². The largest absolute Gasteiger partial charge is 0.352 e. The van der Waals surface area contributed by atoms with E-state index in [0.29, 0.717) is 25.9 Å². The SMILES string of the molecule is CCn1ncc(CNC(=O)[C@@H]2CCCN(S(=O)(=O)c3cnn(C)c3)C2)c1C. The molecule has 148 valence electrons. The summed E-state index contributed by atoms with van der Waals surface area (Å²) in [4.78, 5) is 12.8. The number of amides is 1. The number of sulfonamides is 1. The summed E-state index contributed by atoms with van der Waals surface area (Å²) >= 11 is 0. The highest BCUT2D eigenvalue weighted by Gasteiger charge is 2.33. The van der Waals surface area contributed by atoms with Crippen LogP contribution in [-0.4, -0.2) is 51.3 Å². The maximum absolute atomic E-state index is 12.8. The lowest BCUT2D eigenvalue weighted by Gasteiger charge is -2.30. The third-order valence-electron chi connectivity index (χ3n) is 5.03. The van der Waals surface area contributed by atoms with Gasteiger partial charge in [-0.25, -0.2) is 8.42 Å². The number of hydrogen-bond donors (Lipinski definition) is 1. The zero-order valence-electron chi connectivity index (χ0n) is 15.9. The molecule has 3 rings (SSSR count). The van der Waals surface area contributed by atoms with Crippen molar-refractivity contribution in [2.24, 2.45) is 13.0 Å². The molecule has 10 heteroatoms. The van der Waals surface area contributed by atoms with Crippen LogP contribution in [0.15, 0.2) is 23.5 Å². The van der Waals surface area contributed by atoms with Crippen molar-refractivity contribution in [3.05, 3.63) is 29.8 Å². The standard InChI is InChI=1S/C17H26N6O3S/c1-4-23-13(2)15(9-20-23)8-18-17(24)14-6-5-7-22(11-14)27(25,26)16-10-19-21(3)12-16/h9-10,12,14H,4-8,11H2,1-3H3,(H,18,24)/t14-/m1/s1. The molecule has 0 aromatic carbocycles. The van der Waals surface area contributed by atoms with E-state index in [-0.39, 0.29) is 23.3 Å². The summed E-state index contributed by atoms with van der Waals surface area (Å²) < 4.78 is 30.2. The van der Waals surface area contributed by atoms with E-state index in [0.717, 1.165) is 17.8 Å². The molecule has 1 N–H and O–H groups in total. The summed E-state index contributed by atoms with van der Waals surface area (Å²) in [7, 11) is -1.95. The Kier molecular flexibility index (Phi) is 5.66. The van der Waals surface area contributed by atoms with Gasteiger partial charge in [-0.3, -0.25) is 14.2 Å². The van der Waals surface area contributed by atoms with Crippen molar-refractivity contribution >= 4 is 15.9 Å². The topological polar surface area (TPSA) is 102 Å². The number of piperidine rings is 1. The molecule has 1 aliphatic rings. The molecule has 2 aromatic heterocycles. The van der Waals surface area contributed by atoms with Crippen LogP contribution in [0.4, 0.5) is 0 Å². The van der Waals surface area contributed by atoms with Crippen LogP contribution in [0.5, 0.6) is 0 Å². The minimum absolute atomic E-state index is 0.121. The van der Waals surface area contributed by atoms with Crippen molar-refractivity contribution in [1.82, 2.24) is 29.2 Å². The van der Waals surface area contributed by atoms with E-state index in [9.17, 15) is 13.2 Å². The molecule has 0 radical (unpaired) electrons. The molecule has 0 spiro atoms. The Balaban J connectivity index is 1.63. The van der Waals surface area contributed by atoms with Gasteiger partial charge in [-0.15, -0.1) is 0 Å². The zero-order valence-corrected chi connectivity index (χ0v) is 16.7. The Morgan fingerprint density at radius 2 is 2.11 bits per heavy atom. The number of aromatic nitrogens is 4. The lowest BCUT2D eigenvalue weighted by molar-refractivity contribution is -0.126. The first-order chi connectivity index (χ1) is 12.8. The highest BCUT2D eigenvalue weighted by atomic mass is 32.2. The average molecular weight is 395 g/mol. The Labute approximate surface area is 159 Å². The van der Waals surface area contributed by atoms with Gasteiger partial charge in [-0.1, -0.05) is 0 Å². The summed E-state index contributed by atoms with van der Waals surface area (Å²) in [5.41, 5.74) is 2.00. The minimum Gasteiger partial charge on any atom is -0.352 e. The minimum atomic E-state index is -3.62. The van der Waals surface area contributed by atoms with Gasteiger partial charge in [-0.05, 0) is 26.7 Å². The Morgan fingerprint density at radius 3 is 2.74 bits per heavy atom. The van der Waals surface area contributed by atoms with E-state index in [1.54, 1.807) is 13.2 Å². The third-order valence-corrected chi connectivity index (χ3v) is 6.85. The molecule has 1 atom stereocenters. The maximum Gasteiger partial charge on any atom is 0.246 e. The van der Waals surface area contributed by atoms with Crippen molar-refractivity contribution < 1.29 is 13.2 Å². The zero-order chi connectivity index (χ0) is 19.6. The number of aryl methyl sites for hydroxylation is 2. The van der Waals surface area contributed by atoms with Crippen molar-refractivity contribution in [3.8, 4) is 0 Å². The van der Waals surface area contributed by atoms with Crippen LogP contribution in [0.25, 0.3) is 0 Å². The summed E-state index contributed by atoms with van der Waals surface area (Å²) in [5.74, 6) is -0.476. The fraction of sp³-hybridized carbons (Fsp3) is 0.588. The van der Waals surface area contributed by atoms with Gasteiger partial charge in [0, 0.05) is 50.7 Å². The summed E-state index contributed by atoms with van der Waals surface area (Å²) in [6, 6.07) is 0. The lowest BCUT2D eigenvalue weighted by Crippen LogP contribution is -2.45. The van der Waals surface area contributed by atoms with Gasteiger partial charge in [0.15, 0.2) is 0 Å². The second-order valence-corrected chi connectivity index (χ2v) is 8.78. The monoisotopic (exact) mass is 394 g/mol. The molecular formula is C17H26N6O3S. The lowest BCUT2D eigenvalue weighted by atomic mass is 9.99. The molecule has 27 heavy (non-hydrogen) atoms. The van der Waals surface area contributed by atoms with Crippen LogP contribution in [-0.2, 0) is 35.0 Å².